The number of halogens is 1. The van der Waals surface area contributed by atoms with Crippen LogP contribution in [0.2, 0.25) is 5.02 Å². The van der Waals surface area contributed by atoms with Crippen LogP contribution in [0.4, 0.5) is 5.82 Å². The van der Waals surface area contributed by atoms with Gasteiger partial charge in [0.05, 0.1) is 10.7 Å². The Hall–Kier alpha value is -1.85. The highest BCUT2D eigenvalue weighted by molar-refractivity contribution is 6.33. The number of benzene rings is 1. The van der Waals surface area contributed by atoms with Gasteiger partial charge < -0.3 is 10.2 Å². The summed E-state index contributed by atoms with van der Waals surface area (Å²) in [5.74, 6) is 0.629. The normalized spacial score (nSPS) is 15.2. The minimum atomic E-state index is 0.0213. The number of carbonyl (C=O) groups is 1. The number of nitrogens with one attached hydrogen (secondary N) is 2. The quantitative estimate of drug-likeness (QED) is 0.722. The minimum absolute atomic E-state index is 0.0213. The molecule has 1 aromatic heterocycles. The van der Waals surface area contributed by atoms with Gasteiger partial charge >= 0.3 is 0 Å². The number of rotatable bonds is 7. The van der Waals surface area contributed by atoms with Gasteiger partial charge in [-0.05, 0) is 51.4 Å². The van der Waals surface area contributed by atoms with Crippen molar-refractivity contribution in [2.75, 3.05) is 25.0 Å². The lowest BCUT2D eigenvalue weighted by Crippen LogP contribution is -2.30. The smallest absolute Gasteiger partial charge is 0.225 e. The van der Waals surface area contributed by atoms with Gasteiger partial charge in [-0.15, -0.1) is 0 Å². The third kappa shape index (κ3) is 5.31. The van der Waals surface area contributed by atoms with Crippen molar-refractivity contribution < 1.29 is 4.79 Å². The van der Waals surface area contributed by atoms with E-state index in [9.17, 15) is 4.79 Å². The molecule has 134 valence electrons. The Morgan fingerprint density at radius 2 is 2.00 bits per heavy atom. The zero-order valence-electron chi connectivity index (χ0n) is 14.4. The van der Waals surface area contributed by atoms with E-state index < -0.39 is 0 Å². The van der Waals surface area contributed by atoms with Crippen LogP contribution in [-0.2, 0) is 4.79 Å². The van der Waals surface area contributed by atoms with E-state index in [0.717, 1.165) is 30.6 Å². The summed E-state index contributed by atoms with van der Waals surface area (Å²) in [6, 6.07) is 9.34. The summed E-state index contributed by atoms with van der Waals surface area (Å²) in [7, 11) is 0. The molecule has 1 amide bonds. The van der Waals surface area contributed by atoms with Gasteiger partial charge in [-0.1, -0.05) is 36.2 Å². The van der Waals surface area contributed by atoms with Crippen LogP contribution in [0.5, 0.6) is 0 Å². The van der Waals surface area contributed by atoms with Crippen molar-refractivity contribution in [2.24, 2.45) is 0 Å². The van der Waals surface area contributed by atoms with Crippen LogP contribution in [0.1, 0.15) is 38.5 Å². The molecule has 1 saturated heterocycles. The summed E-state index contributed by atoms with van der Waals surface area (Å²) < 4.78 is 0. The fourth-order valence-electron chi connectivity index (χ4n) is 3.21. The average Bonchev–Trinajstić information content (AvgIpc) is 3.08. The van der Waals surface area contributed by atoms with Gasteiger partial charge in [0.1, 0.15) is 5.82 Å². The van der Waals surface area contributed by atoms with Crippen molar-refractivity contribution in [2.45, 2.75) is 38.5 Å². The lowest BCUT2D eigenvalue weighted by molar-refractivity contribution is -0.116. The molecule has 1 fully saturated rings. The monoisotopic (exact) mass is 360 g/mol. The molecule has 5 nitrogen and oxygen atoms in total. The molecule has 0 atom stereocenters. The maximum Gasteiger partial charge on any atom is 0.225 e. The summed E-state index contributed by atoms with van der Waals surface area (Å²) in [4.78, 5) is 14.6. The lowest BCUT2D eigenvalue weighted by Gasteiger charge is -2.26. The minimum Gasteiger partial charge on any atom is -0.311 e. The summed E-state index contributed by atoms with van der Waals surface area (Å²) in [6.07, 6.45) is 6.50. The number of hydrogen-bond donors (Lipinski definition) is 2. The first-order chi connectivity index (χ1) is 12.2. The second kappa shape index (κ2) is 9.02. The molecule has 0 bridgehead atoms. The standard InChI is InChI=1S/C19H25ClN4O/c20-16-9-3-2-8-15(16)17-14-18(23-22-17)21-19(25)10-4-7-13-24-11-5-1-6-12-24/h2-3,8-9,14H,1,4-7,10-13H2,(H2,21,22,23,25). The molecule has 2 N–H and O–H groups in total. The van der Waals surface area contributed by atoms with Crippen molar-refractivity contribution in [1.82, 2.24) is 15.1 Å². The largest absolute Gasteiger partial charge is 0.311 e. The molecule has 1 aliphatic rings. The molecule has 25 heavy (non-hydrogen) atoms. The van der Waals surface area contributed by atoms with E-state index in [1.807, 2.05) is 30.3 Å². The molecule has 2 heterocycles. The van der Waals surface area contributed by atoms with Crippen LogP contribution in [-0.4, -0.2) is 40.6 Å². The molecule has 0 aliphatic carbocycles. The molecule has 0 spiro atoms. The SMILES string of the molecule is O=C(CCCCN1CCCCC1)Nc1cc(-c2ccccc2Cl)n[nH]1. The molecular formula is C19H25ClN4O. The van der Waals surface area contributed by atoms with Crippen LogP contribution in [0.15, 0.2) is 30.3 Å². The Morgan fingerprint density at radius 3 is 2.80 bits per heavy atom. The van der Waals surface area contributed by atoms with Gasteiger partial charge in [-0.3, -0.25) is 9.89 Å². The fraction of sp³-hybridized carbons (Fsp3) is 0.474. The van der Waals surface area contributed by atoms with Crippen LogP contribution in [0.25, 0.3) is 11.3 Å². The summed E-state index contributed by atoms with van der Waals surface area (Å²) >= 11 is 6.18. The number of unbranched alkanes of at least 4 members (excludes halogenated alkanes) is 1. The van der Waals surface area contributed by atoms with E-state index in [-0.39, 0.29) is 5.91 Å². The van der Waals surface area contributed by atoms with Gasteiger partial charge in [0, 0.05) is 18.1 Å². The van der Waals surface area contributed by atoms with Gasteiger partial charge in [-0.2, -0.15) is 5.10 Å². The average molecular weight is 361 g/mol. The highest BCUT2D eigenvalue weighted by Gasteiger charge is 2.11. The van der Waals surface area contributed by atoms with Crippen molar-refractivity contribution in [3.8, 4) is 11.3 Å². The molecule has 0 saturated carbocycles. The van der Waals surface area contributed by atoms with E-state index >= 15 is 0 Å². The fourth-order valence-corrected chi connectivity index (χ4v) is 3.44. The second-order valence-corrected chi connectivity index (χ2v) is 6.96. The number of aromatic amines is 1. The van der Waals surface area contributed by atoms with Crippen LogP contribution >= 0.6 is 11.6 Å². The Morgan fingerprint density at radius 1 is 1.20 bits per heavy atom. The summed E-state index contributed by atoms with van der Waals surface area (Å²) in [6.45, 7) is 3.53. The maximum atomic E-state index is 12.1. The highest BCUT2D eigenvalue weighted by Crippen LogP contribution is 2.27. The second-order valence-electron chi connectivity index (χ2n) is 6.55. The third-order valence-electron chi connectivity index (χ3n) is 4.58. The first-order valence-corrected chi connectivity index (χ1v) is 9.43. The number of anilines is 1. The number of aromatic nitrogens is 2. The predicted octanol–water partition coefficient (Wildman–Crippen LogP) is 4.32. The molecule has 1 aliphatic heterocycles. The van der Waals surface area contributed by atoms with Crippen LogP contribution < -0.4 is 5.32 Å². The number of carbonyl (C=O) groups excluding carboxylic acids is 1. The zero-order chi connectivity index (χ0) is 17.5. The van der Waals surface area contributed by atoms with Gasteiger partial charge in [-0.25, -0.2) is 0 Å². The van der Waals surface area contributed by atoms with Crippen molar-refractivity contribution >= 4 is 23.3 Å². The first kappa shape index (κ1) is 18.0. The first-order valence-electron chi connectivity index (χ1n) is 9.05. The van der Waals surface area contributed by atoms with Crippen LogP contribution in [0, 0.1) is 0 Å². The van der Waals surface area contributed by atoms with E-state index in [2.05, 4.69) is 20.4 Å². The molecular weight excluding hydrogens is 336 g/mol. The van der Waals surface area contributed by atoms with Crippen molar-refractivity contribution in [1.29, 1.82) is 0 Å². The summed E-state index contributed by atoms with van der Waals surface area (Å²) in [5.41, 5.74) is 1.58. The molecule has 1 aromatic carbocycles. The Kier molecular flexibility index (Phi) is 6.48. The highest BCUT2D eigenvalue weighted by atomic mass is 35.5. The third-order valence-corrected chi connectivity index (χ3v) is 4.91. The van der Waals surface area contributed by atoms with Crippen LogP contribution in [0.3, 0.4) is 0 Å². The Bertz CT molecular complexity index is 694. The number of likely N-dealkylation sites (tertiary alicyclic amines) is 1. The van der Waals surface area contributed by atoms with E-state index in [1.54, 1.807) is 0 Å². The maximum absolute atomic E-state index is 12.1. The number of amides is 1. The Labute approximate surface area is 153 Å². The number of nitrogens with zero attached hydrogens (tertiary/aromatic N) is 2. The summed E-state index contributed by atoms with van der Waals surface area (Å²) in [5, 5.41) is 10.6. The molecule has 2 aromatic rings. The van der Waals surface area contributed by atoms with Crippen molar-refractivity contribution in [3.05, 3.63) is 35.4 Å². The predicted molar refractivity (Wildman–Crippen MR) is 102 cm³/mol. The van der Waals surface area contributed by atoms with Gasteiger partial charge in [0.25, 0.3) is 0 Å². The van der Waals surface area contributed by atoms with Gasteiger partial charge in [0.2, 0.25) is 5.91 Å². The van der Waals surface area contributed by atoms with E-state index in [0.29, 0.717) is 17.3 Å². The van der Waals surface area contributed by atoms with E-state index in [1.165, 1.54) is 32.4 Å². The topological polar surface area (TPSA) is 61.0 Å². The number of H-pyrrole nitrogens is 1. The van der Waals surface area contributed by atoms with Gasteiger partial charge in [0.15, 0.2) is 0 Å². The lowest BCUT2D eigenvalue weighted by atomic mass is 10.1. The van der Waals surface area contributed by atoms with E-state index in [4.69, 9.17) is 11.6 Å². The molecule has 0 unspecified atom stereocenters. The molecule has 6 heteroatoms. The molecule has 3 rings (SSSR count). The Balaban J connectivity index is 1.42. The van der Waals surface area contributed by atoms with Crippen molar-refractivity contribution in [3.63, 3.8) is 0 Å². The number of piperidine rings is 1. The number of hydrogen-bond acceptors (Lipinski definition) is 3. The zero-order valence-corrected chi connectivity index (χ0v) is 15.2. The molecule has 0 radical (unpaired) electrons.